The average molecular weight is 311 g/mol. The maximum Gasteiger partial charge on any atom is 0.320 e. The molecule has 6 heteroatoms. The van der Waals surface area contributed by atoms with Gasteiger partial charge in [-0.1, -0.05) is 0 Å². The molecule has 0 bridgehead atoms. The molecule has 0 aromatic rings. The monoisotopic (exact) mass is 311 g/mol. The van der Waals surface area contributed by atoms with E-state index in [1.807, 2.05) is 4.90 Å². The number of urea groups is 1. The number of nitrogens with zero attached hydrogens (tertiary/aromatic N) is 2. The van der Waals surface area contributed by atoms with E-state index < -0.39 is 0 Å². The van der Waals surface area contributed by atoms with Crippen molar-refractivity contribution in [3.8, 4) is 0 Å². The molecule has 6 nitrogen and oxygen atoms in total. The van der Waals surface area contributed by atoms with Gasteiger partial charge in [-0.2, -0.15) is 0 Å². The van der Waals surface area contributed by atoms with Crippen molar-refractivity contribution >= 4 is 6.03 Å². The number of nitrogens with one attached hydrogen (secondary N) is 1. The van der Waals surface area contributed by atoms with E-state index in [0.29, 0.717) is 5.92 Å². The molecule has 0 saturated carbocycles. The van der Waals surface area contributed by atoms with Crippen LogP contribution in [0.15, 0.2) is 0 Å². The van der Waals surface area contributed by atoms with E-state index in [2.05, 4.69) is 10.2 Å². The van der Waals surface area contributed by atoms with Crippen molar-refractivity contribution in [3.05, 3.63) is 0 Å². The van der Waals surface area contributed by atoms with Gasteiger partial charge < -0.3 is 24.6 Å². The Morgan fingerprint density at radius 1 is 1.27 bits per heavy atom. The van der Waals surface area contributed by atoms with Gasteiger partial charge in [-0.15, -0.1) is 0 Å². The summed E-state index contributed by atoms with van der Waals surface area (Å²) in [6, 6.07) is 0.226. The molecule has 3 rings (SSSR count). The smallest absolute Gasteiger partial charge is 0.320 e. The maximum atomic E-state index is 13.1. The summed E-state index contributed by atoms with van der Waals surface area (Å²) in [7, 11) is 1.74. The van der Waals surface area contributed by atoms with Crippen LogP contribution in [0, 0.1) is 5.92 Å². The van der Waals surface area contributed by atoms with Gasteiger partial charge in [-0.05, 0) is 32.2 Å². The van der Waals surface area contributed by atoms with E-state index in [1.165, 1.54) is 0 Å². The van der Waals surface area contributed by atoms with Crippen molar-refractivity contribution in [3.63, 3.8) is 0 Å². The summed E-state index contributed by atoms with van der Waals surface area (Å²) < 4.78 is 10.8. The van der Waals surface area contributed by atoms with Crippen LogP contribution in [0.3, 0.4) is 0 Å². The van der Waals surface area contributed by atoms with Crippen LogP contribution < -0.4 is 5.32 Å². The highest BCUT2D eigenvalue weighted by Crippen LogP contribution is 2.34. The lowest BCUT2D eigenvalue weighted by Crippen LogP contribution is -2.58. The highest BCUT2D eigenvalue weighted by Gasteiger charge is 2.43. The zero-order valence-corrected chi connectivity index (χ0v) is 13.7. The number of rotatable bonds is 2. The molecule has 126 valence electrons. The Hall–Kier alpha value is -0.850. The molecule has 1 unspecified atom stereocenters. The first-order valence-corrected chi connectivity index (χ1v) is 8.59. The number of methoxy groups -OCH3 is 1. The standard InChI is InChI=1S/C16H29N3O3/c1-21-13-14-2-8-18(12-14)15(20)19-9-7-17-6-3-16(19)4-10-22-11-5-16/h14,17H,2-13H2,1H3. The molecule has 2 amide bonds. The van der Waals surface area contributed by atoms with Crippen molar-refractivity contribution in [2.45, 2.75) is 31.2 Å². The highest BCUT2D eigenvalue weighted by molar-refractivity contribution is 5.76. The summed E-state index contributed by atoms with van der Waals surface area (Å²) in [5.74, 6) is 0.490. The van der Waals surface area contributed by atoms with Gasteiger partial charge in [0, 0.05) is 52.4 Å². The maximum absolute atomic E-state index is 13.1. The number of hydrogen-bond donors (Lipinski definition) is 1. The van der Waals surface area contributed by atoms with Gasteiger partial charge in [-0.25, -0.2) is 4.79 Å². The number of carbonyl (C=O) groups excluding carboxylic acids is 1. The molecular formula is C16H29N3O3. The Bertz CT molecular complexity index is 385. The molecular weight excluding hydrogens is 282 g/mol. The molecule has 3 aliphatic rings. The molecule has 1 N–H and O–H groups in total. The molecule has 1 spiro atoms. The lowest BCUT2D eigenvalue weighted by Gasteiger charge is -2.46. The Morgan fingerprint density at radius 3 is 2.86 bits per heavy atom. The zero-order chi connectivity index (χ0) is 15.4. The Labute approximate surface area is 133 Å². The molecule has 0 radical (unpaired) electrons. The van der Waals surface area contributed by atoms with Gasteiger partial charge in [0.15, 0.2) is 0 Å². The lowest BCUT2D eigenvalue weighted by atomic mass is 9.85. The highest BCUT2D eigenvalue weighted by atomic mass is 16.5. The fourth-order valence-corrected chi connectivity index (χ4v) is 4.13. The van der Waals surface area contributed by atoms with Gasteiger partial charge in [-0.3, -0.25) is 0 Å². The quantitative estimate of drug-likeness (QED) is 0.824. The van der Waals surface area contributed by atoms with E-state index in [4.69, 9.17) is 9.47 Å². The van der Waals surface area contributed by atoms with Crippen LogP contribution in [-0.2, 0) is 9.47 Å². The second-order valence-electron chi connectivity index (χ2n) is 6.83. The van der Waals surface area contributed by atoms with E-state index in [0.717, 1.165) is 78.2 Å². The van der Waals surface area contributed by atoms with E-state index in [9.17, 15) is 4.79 Å². The normalized spacial score (nSPS) is 28.9. The Morgan fingerprint density at radius 2 is 2.09 bits per heavy atom. The number of carbonyl (C=O) groups is 1. The van der Waals surface area contributed by atoms with Crippen molar-refractivity contribution in [2.75, 3.05) is 59.7 Å². The topological polar surface area (TPSA) is 54.0 Å². The molecule has 0 aromatic carbocycles. The number of likely N-dealkylation sites (tertiary alicyclic amines) is 1. The van der Waals surface area contributed by atoms with Crippen LogP contribution in [0.2, 0.25) is 0 Å². The number of hydrogen-bond acceptors (Lipinski definition) is 4. The third-order valence-corrected chi connectivity index (χ3v) is 5.47. The lowest BCUT2D eigenvalue weighted by molar-refractivity contribution is -0.0145. The molecule has 0 aromatic heterocycles. The fraction of sp³-hybridized carbons (Fsp3) is 0.938. The van der Waals surface area contributed by atoms with Crippen LogP contribution in [0.1, 0.15) is 25.7 Å². The third kappa shape index (κ3) is 3.24. The summed E-state index contributed by atoms with van der Waals surface area (Å²) in [6.07, 6.45) is 4.03. The summed E-state index contributed by atoms with van der Waals surface area (Å²) in [4.78, 5) is 17.3. The Kier molecular flexibility index (Phi) is 5.21. The van der Waals surface area contributed by atoms with Crippen LogP contribution >= 0.6 is 0 Å². The summed E-state index contributed by atoms with van der Waals surface area (Å²) >= 11 is 0. The molecule has 3 fully saturated rings. The second kappa shape index (κ2) is 7.15. The first-order chi connectivity index (χ1) is 10.7. The van der Waals surface area contributed by atoms with Crippen molar-refractivity contribution in [2.24, 2.45) is 5.92 Å². The second-order valence-corrected chi connectivity index (χ2v) is 6.83. The molecule has 0 aliphatic carbocycles. The summed E-state index contributed by atoms with van der Waals surface area (Å²) in [5, 5.41) is 3.45. The van der Waals surface area contributed by atoms with Crippen LogP contribution in [-0.4, -0.2) is 81.0 Å². The summed E-state index contributed by atoms with van der Waals surface area (Å²) in [6.45, 7) is 6.70. The molecule has 3 saturated heterocycles. The minimum atomic E-state index is -0.00181. The van der Waals surface area contributed by atoms with Crippen LogP contribution in [0.4, 0.5) is 4.79 Å². The predicted molar refractivity (Wildman–Crippen MR) is 83.9 cm³/mol. The minimum Gasteiger partial charge on any atom is -0.384 e. The predicted octanol–water partition coefficient (Wildman–Crippen LogP) is 0.919. The minimum absolute atomic E-state index is 0.00181. The first-order valence-electron chi connectivity index (χ1n) is 8.59. The van der Waals surface area contributed by atoms with Crippen molar-refractivity contribution in [1.82, 2.24) is 15.1 Å². The SMILES string of the molecule is COCC1CCN(C(=O)N2CCNCCC23CCOCC3)C1. The van der Waals surface area contributed by atoms with E-state index >= 15 is 0 Å². The van der Waals surface area contributed by atoms with Gasteiger partial charge in [0.05, 0.1) is 12.1 Å². The van der Waals surface area contributed by atoms with Gasteiger partial charge in [0.1, 0.15) is 0 Å². The fourth-order valence-electron chi connectivity index (χ4n) is 4.13. The molecule has 3 aliphatic heterocycles. The molecule has 22 heavy (non-hydrogen) atoms. The average Bonchev–Trinajstić information content (AvgIpc) is 2.91. The largest absolute Gasteiger partial charge is 0.384 e. The molecule has 3 heterocycles. The number of amides is 2. The molecule has 1 atom stereocenters. The van der Waals surface area contributed by atoms with Gasteiger partial charge in [0.2, 0.25) is 0 Å². The van der Waals surface area contributed by atoms with E-state index in [1.54, 1.807) is 7.11 Å². The zero-order valence-electron chi connectivity index (χ0n) is 13.7. The van der Waals surface area contributed by atoms with Crippen LogP contribution in [0.5, 0.6) is 0 Å². The van der Waals surface area contributed by atoms with Crippen molar-refractivity contribution < 1.29 is 14.3 Å². The van der Waals surface area contributed by atoms with Gasteiger partial charge in [0.25, 0.3) is 0 Å². The van der Waals surface area contributed by atoms with Crippen molar-refractivity contribution in [1.29, 1.82) is 0 Å². The number of ether oxygens (including phenoxy) is 2. The third-order valence-electron chi connectivity index (χ3n) is 5.47. The van der Waals surface area contributed by atoms with Crippen LogP contribution in [0.25, 0.3) is 0 Å². The Balaban J connectivity index is 1.70. The summed E-state index contributed by atoms with van der Waals surface area (Å²) in [5.41, 5.74) is -0.00181. The first kappa shape index (κ1) is 16.0. The van der Waals surface area contributed by atoms with Gasteiger partial charge >= 0.3 is 6.03 Å². The van der Waals surface area contributed by atoms with E-state index in [-0.39, 0.29) is 11.6 Å².